The molecule has 0 bridgehead atoms. The number of benzene rings is 2. The number of allylic oxidation sites excluding steroid dienone is 2. The van der Waals surface area contributed by atoms with Crippen molar-refractivity contribution in [2.75, 3.05) is 12.0 Å². The van der Waals surface area contributed by atoms with Crippen molar-refractivity contribution < 1.29 is 23.8 Å². The number of ether oxygens (including phenoxy) is 1. The number of aromatic nitrogens is 3. The Morgan fingerprint density at radius 2 is 1.72 bits per heavy atom. The third kappa shape index (κ3) is 3.14. The highest BCUT2D eigenvalue weighted by Gasteiger charge is 2.76. The monoisotopic (exact) mass is 574 g/mol. The van der Waals surface area contributed by atoms with Crippen LogP contribution in [0.4, 0.5) is 10.1 Å². The summed E-state index contributed by atoms with van der Waals surface area (Å²) in [5, 5.41) is 10.1. The number of methoxy groups -OCH3 is 1. The van der Waals surface area contributed by atoms with Gasteiger partial charge in [0.05, 0.1) is 25.4 Å². The van der Waals surface area contributed by atoms with Crippen molar-refractivity contribution in [1.29, 1.82) is 0 Å². The molecular formula is C26H21Cl2FN4O6. The second-order valence-electron chi connectivity index (χ2n) is 9.77. The van der Waals surface area contributed by atoms with Crippen LogP contribution in [-0.4, -0.2) is 47.7 Å². The molecule has 2 aliphatic heterocycles. The molecule has 0 spiro atoms. The van der Waals surface area contributed by atoms with E-state index >= 15 is 0 Å². The maximum atomic E-state index is 14.2. The van der Waals surface area contributed by atoms with E-state index in [4.69, 9.17) is 27.9 Å². The zero-order valence-corrected chi connectivity index (χ0v) is 22.1. The van der Waals surface area contributed by atoms with E-state index in [1.807, 2.05) is 0 Å². The van der Waals surface area contributed by atoms with E-state index in [2.05, 4.69) is 0 Å². The molecule has 3 aromatic rings. The van der Waals surface area contributed by atoms with Gasteiger partial charge in [-0.2, -0.15) is 0 Å². The highest BCUT2D eigenvalue weighted by Crippen LogP contribution is 2.64. The summed E-state index contributed by atoms with van der Waals surface area (Å²) in [5.74, 6) is -3.31. The number of imide groups is 1. The van der Waals surface area contributed by atoms with Crippen LogP contribution in [0.1, 0.15) is 23.9 Å². The number of hydrogen-bond donors (Lipinski definition) is 1. The number of fused-ring (bicyclic) bond motifs is 4. The number of phenolic OH excluding ortho intramolecular Hbond substituents is 1. The average molecular weight is 575 g/mol. The molecule has 1 saturated heterocycles. The van der Waals surface area contributed by atoms with E-state index in [1.54, 1.807) is 6.08 Å². The standard InChI is InChI=1S/C26H21Cl2FN4O6/c1-30-23(37)31-10-9-16-18(33(31)24(30)38)12-25(27)21(35)32(14-5-3-13(29)4-6-14)22(36)26(25,28)20(16)17-8-7-15(34)11-19(17)39-2/h3-9,11,18,20,34H,10,12H2,1-2H3/t18-,20-,25-,26+/m1/s1. The zero-order valence-electron chi connectivity index (χ0n) is 20.6. The normalized spacial score (nSPS) is 27.6. The minimum Gasteiger partial charge on any atom is -0.508 e. The number of alkyl halides is 2. The largest absolute Gasteiger partial charge is 0.508 e. The van der Waals surface area contributed by atoms with Gasteiger partial charge >= 0.3 is 11.4 Å². The topological polar surface area (TPSA) is 116 Å². The first kappa shape index (κ1) is 25.4. The molecule has 1 aromatic heterocycles. The Labute approximate surface area is 230 Å². The van der Waals surface area contributed by atoms with Crippen molar-refractivity contribution in [1.82, 2.24) is 13.9 Å². The lowest BCUT2D eigenvalue weighted by molar-refractivity contribution is -0.122. The number of anilines is 1. The number of halogens is 3. The third-order valence-corrected chi connectivity index (χ3v) is 9.30. The Kier molecular flexibility index (Phi) is 5.44. The number of aromatic hydroxyl groups is 1. The maximum Gasteiger partial charge on any atom is 0.347 e. The van der Waals surface area contributed by atoms with E-state index in [1.165, 1.54) is 53.9 Å². The number of phenols is 1. The van der Waals surface area contributed by atoms with Crippen LogP contribution in [0.15, 0.2) is 63.7 Å². The van der Waals surface area contributed by atoms with Gasteiger partial charge < -0.3 is 9.84 Å². The summed E-state index contributed by atoms with van der Waals surface area (Å²) in [7, 11) is 2.71. The molecule has 3 heterocycles. The Balaban J connectivity index is 1.64. The van der Waals surface area contributed by atoms with Gasteiger partial charge in [-0.1, -0.05) is 12.1 Å². The molecule has 202 valence electrons. The molecule has 4 atom stereocenters. The molecular weight excluding hydrogens is 554 g/mol. The average Bonchev–Trinajstić information content (AvgIpc) is 3.22. The number of nitrogens with zero attached hydrogens (tertiary/aromatic N) is 4. The fraction of sp³-hybridized carbons (Fsp3) is 0.308. The lowest BCUT2D eigenvalue weighted by Gasteiger charge is -2.49. The zero-order chi connectivity index (χ0) is 28.0. The molecule has 1 aliphatic carbocycles. The van der Waals surface area contributed by atoms with E-state index in [-0.39, 0.29) is 30.2 Å². The van der Waals surface area contributed by atoms with Crippen LogP contribution in [0.5, 0.6) is 11.5 Å². The van der Waals surface area contributed by atoms with Crippen LogP contribution >= 0.6 is 23.2 Å². The van der Waals surface area contributed by atoms with Crippen LogP contribution in [0.3, 0.4) is 0 Å². The van der Waals surface area contributed by atoms with Gasteiger partial charge in [0.2, 0.25) is 0 Å². The molecule has 2 fully saturated rings. The summed E-state index contributed by atoms with van der Waals surface area (Å²) in [6, 6.07) is 8.05. The highest BCUT2D eigenvalue weighted by atomic mass is 35.5. The van der Waals surface area contributed by atoms with Gasteiger partial charge in [-0.05, 0) is 35.9 Å². The molecule has 13 heteroatoms. The van der Waals surface area contributed by atoms with Crippen molar-refractivity contribution in [3.8, 4) is 11.5 Å². The predicted octanol–water partition coefficient (Wildman–Crippen LogP) is 2.40. The summed E-state index contributed by atoms with van der Waals surface area (Å²) in [4.78, 5) is 50.8. The lowest BCUT2D eigenvalue weighted by atomic mass is 9.64. The van der Waals surface area contributed by atoms with Crippen LogP contribution in [0.25, 0.3) is 0 Å². The van der Waals surface area contributed by atoms with Crippen molar-refractivity contribution in [3.63, 3.8) is 0 Å². The molecule has 10 nitrogen and oxygen atoms in total. The highest BCUT2D eigenvalue weighted by molar-refractivity contribution is 6.58. The summed E-state index contributed by atoms with van der Waals surface area (Å²) >= 11 is 14.4. The smallest absolute Gasteiger partial charge is 0.347 e. The van der Waals surface area contributed by atoms with Crippen LogP contribution in [0.2, 0.25) is 0 Å². The number of carbonyl (C=O) groups is 2. The molecule has 2 amide bonds. The van der Waals surface area contributed by atoms with E-state index in [0.717, 1.165) is 21.6 Å². The van der Waals surface area contributed by atoms with Crippen molar-refractivity contribution in [2.24, 2.45) is 7.05 Å². The maximum absolute atomic E-state index is 14.2. The van der Waals surface area contributed by atoms with Gasteiger partial charge in [0, 0.05) is 31.0 Å². The minimum atomic E-state index is -2.12. The molecule has 6 rings (SSSR count). The Hall–Kier alpha value is -3.83. The van der Waals surface area contributed by atoms with Crippen LogP contribution in [-0.2, 0) is 23.2 Å². The SMILES string of the molecule is COc1cc(O)ccc1[C@H]1C2=CCn3c(=O)n(C)c(=O)n3[C@@H]2C[C@@]2(Cl)C(=O)N(c3ccc(F)cc3)C(=O)[C@@]12Cl. The van der Waals surface area contributed by atoms with Crippen LogP contribution in [0, 0.1) is 5.82 Å². The summed E-state index contributed by atoms with van der Waals surface area (Å²) in [6.45, 7) is 0.00368. The second-order valence-corrected chi connectivity index (χ2v) is 11.0. The van der Waals surface area contributed by atoms with Gasteiger partial charge in [0.25, 0.3) is 11.8 Å². The molecule has 0 unspecified atom stereocenters. The van der Waals surface area contributed by atoms with Crippen LogP contribution < -0.4 is 21.0 Å². The first-order chi connectivity index (χ1) is 18.5. The van der Waals surface area contributed by atoms with Gasteiger partial charge in [-0.3, -0.25) is 9.59 Å². The fourth-order valence-corrected chi connectivity index (χ4v) is 6.96. The second kappa shape index (κ2) is 8.33. The lowest BCUT2D eigenvalue weighted by Crippen LogP contribution is -2.59. The van der Waals surface area contributed by atoms with Gasteiger partial charge in [0.1, 0.15) is 17.3 Å². The minimum absolute atomic E-state index is 0.00368. The summed E-state index contributed by atoms with van der Waals surface area (Å²) in [6.07, 6.45) is 1.41. The van der Waals surface area contributed by atoms with E-state index < -0.39 is 50.7 Å². The van der Waals surface area contributed by atoms with E-state index in [0.29, 0.717) is 11.1 Å². The van der Waals surface area contributed by atoms with Gasteiger partial charge in [-0.15, -0.1) is 23.2 Å². The van der Waals surface area contributed by atoms with Crippen molar-refractivity contribution >= 4 is 40.7 Å². The number of amides is 2. The molecule has 0 radical (unpaired) electrons. The van der Waals surface area contributed by atoms with E-state index in [9.17, 15) is 28.7 Å². The first-order valence-corrected chi connectivity index (χ1v) is 12.7. The quantitative estimate of drug-likeness (QED) is 0.292. The van der Waals surface area contributed by atoms with Gasteiger partial charge in [0.15, 0.2) is 9.75 Å². The van der Waals surface area contributed by atoms with Crippen molar-refractivity contribution in [2.45, 2.75) is 34.7 Å². The first-order valence-electron chi connectivity index (χ1n) is 11.9. The number of hydrogen-bond acceptors (Lipinski definition) is 6. The molecule has 2 aromatic carbocycles. The number of carbonyl (C=O) groups excluding carboxylic acids is 2. The Bertz CT molecular complexity index is 1730. The number of rotatable bonds is 3. The Morgan fingerprint density at radius 1 is 1.03 bits per heavy atom. The molecule has 1 N–H and O–H groups in total. The van der Waals surface area contributed by atoms with Gasteiger partial charge in [-0.25, -0.2) is 32.8 Å². The predicted molar refractivity (Wildman–Crippen MR) is 139 cm³/mol. The third-order valence-electron chi connectivity index (χ3n) is 7.88. The fourth-order valence-electron chi connectivity index (χ4n) is 6.05. The summed E-state index contributed by atoms with van der Waals surface area (Å²) in [5.41, 5.74) is -0.278. The molecule has 3 aliphatic rings. The van der Waals surface area contributed by atoms with Crippen molar-refractivity contribution in [3.05, 3.63) is 86.5 Å². The Morgan fingerprint density at radius 3 is 2.38 bits per heavy atom. The molecule has 1 saturated carbocycles. The summed E-state index contributed by atoms with van der Waals surface area (Å²) < 4.78 is 22.6. The molecule has 39 heavy (non-hydrogen) atoms.